The molecule has 1 aliphatic rings. The number of hydrogen-bond donors (Lipinski definition) is 1. The first-order valence-corrected chi connectivity index (χ1v) is 18.2. The molecule has 1 fully saturated rings. The van der Waals surface area contributed by atoms with Crippen molar-refractivity contribution in [3.63, 3.8) is 0 Å². The summed E-state index contributed by atoms with van der Waals surface area (Å²) in [5.41, 5.74) is 5.78. The van der Waals surface area contributed by atoms with Gasteiger partial charge < -0.3 is 33.7 Å². The Balaban J connectivity index is 1.30. The third kappa shape index (κ3) is 10.9. The minimum Gasteiger partial charge on any atom is -0.374 e. The molecule has 8 nitrogen and oxygen atoms in total. The smallest absolute Gasteiger partial charge is 0.251 e. The van der Waals surface area contributed by atoms with E-state index in [1.807, 2.05) is 153 Å². The molecule has 6 rings (SSSR count). The third-order valence-electron chi connectivity index (χ3n) is 9.35. The van der Waals surface area contributed by atoms with Crippen molar-refractivity contribution in [3.05, 3.63) is 179 Å². The second-order valence-electron chi connectivity index (χ2n) is 13.3. The van der Waals surface area contributed by atoms with E-state index < -0.39 is 30.2 Å². The lowest BCUT2D eigenvalue weighted by Gasteiger charge is -2.51. The molecular weight excluding hydrogens is 666 g/mol. The number of carbonyl (C=O) groups excluding carboxylic acids is 1. The summed E-state index contributed by atoms with van der Waals surface area (Å²) in [6, 6.07) is 47.8. The molecule has 0 aromatic heterocycles. The van der Waals surface area contributed by atoms with E-state index in [0.717, 1.165) is 27.8 Å². The van der Waals surface area contributed by atoms with Crippen LogP contribution in [0, 0.1) is 0 Å². The van der Waals surface area contributed by atoms with E-state index in [-0.39, 0.29) is 12.5 Å². The number of carbonyl (C=O) groups is 1. The zero-order valence-electron chi connectivity index (χ0n) is 30.5. The van der Waals surface area contributed by atoms with Gasteiger partial charge in [0.1, 0.15) is 24.4 Å². The summed E-state index contributed by atoms with van der Waals surface area (Å²) in [7, 11) is 1.62. The van der Waals surface area contributed by atoms with Crippen LogP contribution in [0.25, 0.3) is 0 Å². The second-order valence-corrected chi connectivity index (χ2v) is 13.3. The molecule has 0 unspecified atom stereocenters. The standard InChI is InChI=1S/C45H49NO7/c1-45(52-28-27-34-23-25-39(26-24-34)44(47)46-2)43(51-32-38-21-13-6-14-22-38)42(50-31-37-19-11-5-12-20-37)41(49-30-36-17-9-4-10-18-36)40(53-45)33-48-29-35-15-7-3-8-16-35/h3-26,40-43H,27-33H2,1-2H3,(H,46,47)/t40-,41-,42-,43-,45-/m1/s1. The van der Waals surface area contributed by atoms with Crippen LogP contribution in [-0.2, 0) is 61.3 Å². The molecule has 0 saturated carbocycles. The molecule has 1 saturated heterocycles. The highest BCUT2D eigenvalue weighted by Gasteiger charge is 2.55. The highest BCUT2D eigenvalue weighted by Crippen LogP contribution is 2.38. The van der Waals surface area contributed by atoms with Crippen LogP contribution in [0.4, 0.5) is 0 Å². The van der Waals surface area contributed by atoms with Crippen molar-refractivity contribution < 1.29 is 33.2 Å². The van der Waals surface area contributed by atoms with E-state index in [0.29, 0.717) is 45.0 Å². The van der Waals surface area contributed by atoms with Gasteiger partial charge in [0.25, 0.3) is 5.91 Å². The molecule has 53 heavy (non-hydrogen) atoms. The summed E-state index contributed by atoms with van der Waals surface area (Å²) >= 11 is 0. The molecule has 5 aromatic rings. The van der Waals surface area contributed by atoms with Crippen LogP contribution in [0.15, 0.2) is 146 Å². The zero-order chi connectivity index (χ0) is 36.7. The average molecular weight is 716 g/mol. The van der Waals surface area contributed by atoms with Gasteiger partial charge in [-0.1, -0.05) is 133 Å². The van der Waals surface area contributed by atoms with Crippen LogP contribution in [-0.4, -0.2) is 56.4 Å². The molecule has 1 N–H and O–H groups in total. The van der Waals surface area contributed by atoms with Gasteiger partial charge in [0.05, 0.1) is 39.6 Å². The zero-order valence-corrected chi connectivity index (χ0v) is 30.5. The number of amides is 1. The molecule has 1 aliphatic heterocycles. The van der Waals surface area contributed by atoms with Crippen molar-refractivity contribution in [3.8, 4) is 0 Å². The van der Waals surface area contributed by atoms with Gasteiger partial charge in [0.2, 0.25) is 0 Å². The Morgan fingerprint density at radius 2 is 1.08 bits per heavy atom. The quantitative estimate of drug-likeness (QED) is 0.0996. The summed E-state index contributed by atoms with van der Waals surface area (Å²) < 4.78 is 40.5. The monoisotopic (exact) mass is 715 g/mol. The topological polar surface area (TPSA) is 84.5 Å². The first kappa shape index (κ1) is 38.1. The third-order valence-corrected chi connectivity index (χ3v) is 9.35. The summed E-state index contributed by atoms with van der Waals surface area (Å²) in [6.45, 7) is 3.93. The Morgan fingerprint density at radius 3 is 1.58 bits per heavy atom. The van der Waals surface area contributed by atoms with E-state index in [4.69, 9.17) is 28.4 Å². The lowest BCUT2D eigenvalue weighted by molar-refractivity contribution is -0.376. The fourth-order valence-electron chi connectivity index (χ4n) is 6.49. The molecule has 5 aromatic carbocycles. The summed E-state index contributed by atoms with van der Waals surface area (Å²) in [5, 5.41) is 2.67. The van der Waals surface area contributed by atoms with Crippen molar-refractivity contribution in [2.75, 3.05) is 20.3 Å². The number of nitrogens with one attached hydrogen (secondary N) is 1. The van der Waals surface area contributed by atoms with Gasteiger partial charge >= 0.3 is 0 Å². The maximum absolute atomic E-state index is 12.1. The van der Waals surface area contributed by atoms with Gasteiger partial charge in [-0.15, -0.1) is 0 Å². The van der Waals surface area contributed by atoms with Crippen LogP contribution in [0.2, 0.25) is 0 Å². The summed E-state index contributed by atoms with van der Waals surface area (Å²) in [4.78, 5) is 12.1. The SMILES string of the molecule is CNC(=O)c1ccc(CCO[C@]2(C)O[C@H](COCc3ccccc3)[C@@H](OCc3ccccc3)[C@@H](OCc3ccccc3)[C@H]2OCc2ccccc2)cc1. The van der Waals surface area contributed by atoms with Crippen molar-refractivity contribution in [2.45, 2.75) is 70.0 Å². The maximum Gasteiger partial charge on any atom is 0.251 e. The summed E-state index contributed by atoms with van der Waals surface area (Å²) in [5.74, 6) is -1.37. The van der Waals surface area contributed by atoms with Crippen molar-refractivity contribution >= 4 is 5.91 Å². The van der Waals surface area contributed by atoms with Gasteiger partial charge in [-0.3, -0.25) is 4.79 Å². The van der Waals surface area contributed by atoms with Crippen LogP contribution in [0.5, 0.6) is 0 Å². The van der Waals surface area contributed by atoms with E-state index in [1.165, 1.54) is 0 Å². The molecule has 8 heteroatoms. The van der Waals surface area contributed by atoms with Gasteiger partial charge in [0.15, 0.2) is 5.79 Å². The fourth-order valence-corrected chi connectivity index (χ4v) is 6.49. The lowest BCUT2D eigenvalue weighted by Crippen LogP contribution is -2.67. The second kappa shape index (κ2) is 19.4. The number of hydrogen-bond acceptors (Lipinski definition) is 7. The van der Waals surface area contributed by atoms with Crippen LogP contribution in [0.1, 0.15) is 45.1 Å². The minimum absolute atomic E-state index is 0.125. The normalized spacial score (nSPS) is 21.2. The van der Waals surface area contributed by atoms with Crippen LogP contribution in [0.3, 0.4) is 0 Å². The minimum atomic E-state index is -1.24. The highest BCUT2D eigenvalue weighted by atomic mass is 16.7. The van der Waals surface area contributed by atoms with E-state index in [2.05, 4.69) is 5.32 Å². The number of ether oxygens (including phenoxy) is 6. The van der Waals surface area contributed by atoms with Crippen molar-refractivity contribution in [2.24, 2.45) is 0 Å². The molecular formula is C45H49NO7. The van der Waals surface area contributed by atoms with Crippen LogP contribution >= 0.6 is 0 Å². The molecule has 1 amide bonds. The van der Waals surface area contributed by atoms with Gasteiger partial charge in [-0.05, 0) is 53.3 Å². The molecule has 1 heterocycles. The predicted octanol–water partition coefficient (Wildman–Crippen LogP) is 7.69. The van der Waals surface area contributed by atoms with Crippen molar-refractivity contribution in [1.82, 2.24) is 5.32 Å². The Kier molecular flexibility index (Phi) is 13.9. The van der Waals surface area contributed by atoms with E-state index in [1.54, 1.807) is 7.05 Å². The highest BCUT2D eigenvalue weighted by molar-refractivity contribution is 5.93. The molecule has 276 valence electrons. The largest absolute Gasteiger partial charge is 0.374 e. The average Bonchev–Trinajstić information content (AvgIpc) is 3.21. The van der Waals surface area contributed by atoms with Gasteiger partial charge in [-0.2, -0.15) is 0 Å². The van der Waals surface area contributed by atoms with Crippen molar-refractivity contribution in [1.29, 1.82) is 0 Å². The molecule has 0 spiro atoms. The first-order chi connectivity index (χ1) is 26.0. The molecule has 0 radical (unpaired) electrons. The van der Waals surface area contributed by atoms with Gasteiger partial charge in [-0.25, -0.2) is 0 Å². The Hall–Kier alpha value is -4.67. The lowest BCUT2D eigenvalue weighted by atomic mass is 9.92. The molecule has 0 aliphatic carbocycles. The Morgan fingerprint density at radius 1 is 0.604 bits per heavy atom. The molecule has 5 atom stereocenters. The Labute approximate surface area is 313 Å². The van der Waals surface area contributed by atoms with E-state index in [9.17, 15) is 4.79 Å². The van der Waals surface area contributed by atoms with Gasteiger partial charge in [0, 0.05) is 12.6 Å². The Bertz CT molecular complexity index is 1790. The maximum atomic E-state index is 12.1. The summed E-state index contributed by atoms with van der Waals surface area (Å²) in [6.07, 6.45) is -1.82. The fraction of sp³-hybridized carbons (Fsp3) is 0.311. The predicted molar refractivity (Wildman–Crippen MR) is 204 cm³/mol. The number of benzene rings is 5. The van der Waals surface area contributed by atoms with Crippen LogP contribution < -0.4 is 5.32 Å². The number of rotatable bonds is 18. The first-order valence-electron chi connectivity index (χ1n) is 18.2. The molecule has 0 bridgehead atoms. The van der Waals surface area contributed by atoms with E-state index >= 15 is 0 Å².